The van der Waals surface area contributed by atoms with E-state index in [9.17, 15) is 4.79 Å². The zero-order chi connectivity index (χ0) is 12.7. The van der Waals surface area contributed by atoms with Crippen molar-refractivity contribution in [3.63, 3.8) is 0 Å². The van der Waals surface area contributed by atoms with Gasteiger partial charge in [0.1, 0.15) is 5.82 Å². The van der Waals surface area contributed by atoms with Gasteiger partial charge in [0.05, 0.1) is 5.52 Å². The topological polar surface area (TPSA) is 98.1 Å². The molecular formula is C12H13N5O. The van der Waals surface area contributed by atoms with Crippen LogP contribution in [0.3, 0.4) is 0 Å². The van der Waals surface area contributed by atoms with Crippen LogP contribution in [0, 0.1) is 0 Å². The monoisotopic (exact) mass is 243 g/mol. The minimum absolute atomic E-state index is 0.0225. The molecular weight excluding hydrogens is 230 g/mol. The molecule has 6 nitrogen and oxygen atoms in total. The Morgan fingerprint density at radius 3 is 2.78 bits per heavy atom. The van der Waals surface area contributed by atoms with Gasteiger partial charge in [-0.1, -0.05) is 12.1 Å². The number of hydrogen-bond acceptors (Lipinski definition) is 5. The predicted molar refractivity (Wildman–Crippen MR) is 68.9 cm³/mol. The number of benzene rings is 1. The first-order valence-corrected chi connectivity index (χ1v) is 5.73. The molecule has 1 aromatic heterocycles. The van der Waals surface area contributed by atoms with Crippen LogP contribution in [0.25, 0.3) is 10.9 Å². The molecule has 1 saturated heterocycles. The lowest BCUT2D eigenvalue weighted by Gasteiger charge is -2.17. The van der Waals surface area contributed by atoms with E-state index in [1.807, 2.05) is 24.3 Å². The molecule has 1 atom stereocenters. The van der Waals surface area contributed by atoms with Gasteiger partial charge < -0.3 is 11.5 Å². The minimum atomic E-state index is -0.146. The zero-order valence-electron chi connectivity index (χ0n) is 9.71. The standard InChI is InChI=1S/C12H13N5O/c13-7-5-10(18)17(6-7)11-8-3-1-2-4-9(8)15-12(14)16-11/h1-4,7H,5-6,13H2,(H2,14,15,16). The molecule has 0 saturated carbocycles. The largest absolute Gasteiger partial charge is 0.368 e. The number of nitrogens with zero attached hydrogens (tertiary/aromatic N) is 3. The summed E-state index contributed by atoms with van der Waals surface area (Å²) in [6.45, 7) is 0.472. The predicted octanol–water partition coefficient (Wildman–Crippen LogP) is 0.276. The SMILES string of the molecule is Nc1nc(N2CC(N)CC2=O)c2ccccc2n1. The molecule has 4 N–H and O–H groups in total. The molecule has 2 aromatic rings. The van der Waals surface area contributed by atoms with E-state index in [0.717, 1.165) is 10.9 Å². The molecule has 1 aliphatic heterocycles. The number of aromatic nitrogens is 2. The molecule has 1 aromatic carbocycles. The van der Waals surface area contributed by atoms with Gasteiger partial charge in [0.2, 0.25) is 11.9 Å². The Hall–Kier alpha value is -2.21. The second-order valence-corrected chi connectivity index (χ2v) is 4.39. The molecule has 1 fully saturated rings. The highest BCUT2D eigenvalue weighted by Crippen LogP contribution is 2.27. The number of para-hydroxylation sites is 1. The fraction of sp³-hybridized carbons (Fsp3) is 0.250. The number of fused-ring (bicyclic) bond motifs is 1. The Morgan fingerprint density at radius 1 is 1.28 bits per heavy atom. The first-order valence-electron chi connectivity index (χ1n) is 5.73. The van der Waals surface area contributed by atoms with Crippen LogP contribution < -0.4 is 16.4 Å². The van der Waals surface area contributed by atoms with Crippen molar-refractivity contribution in [1.29, 1.82) is 0 Å². The van der Waals surface area contributed by atoms with Crippen LogP contribution >= 0.6 is 0 Å². The summed E-state index contributed by atoms with van der Waals surface area (Å²) in [5, 5.41) is 0.814. The van der Waals surface area contributed by atoms with Crippen LogP contribution in [0.2, 0.25) is 0 Å². The maximum atomic E-state index is 11.9. The summed E-state index contributed by atoms with van der Waals surface area (Å²) < 4.78 is 0. The Labute approximate surface area is 104 Å². The van der Waals surface area contributed by atoms with Gasteiger partial charge in [0.25, 0.3) is 0 Å². The number of rotatable bonds is 1. The number of nitrogen functional groups attached to an aromatic ring is 1. The van der Waals surface area contributed by atoms with Crippen LogP contribution in [0.1, 0.15) is 6.42 Å². The first kappa shape index (κ1) is 10.9. The highest BCUT2D eigenvalue weighted by atomic mass is 16.2. The van der Waals surface area contributed by atoms with Crippen LogP contribution in [0.5, 0.6) is 0 Å². The van der Waals surface area contributed by atoms with E-state index in [1.54, 1.807) is 4.90 Å². The van der Waals surface area contributed by atoms with Gasteiger partial charge in [-0.25, -0.2) is 4.98 Å². The number of carbonyl (C=O) groups is 1. The summed E-state index contributed by atoms with van der Waals surface area (Å²) in [6.07, 6.45) is 0.345. The van der Waals surface area contributed by atoms with E-state index in [4.69, 9.17) is 11.5 Å². The van der Waals surface area contributed by atoms with Crippen molar-refractivity contribution in [1.82, 2.24) is 9.97 Å². The summed E-state index contributed by atoms with van der Waals surface area (Å²) in [6, 6.07) is 7.33. The molecule has 0 spiro atoms. The second kappa shape index (κ2) is 3.92. The molecule has 0 radical (unpaired) electrons. The summed E-state index contributed by atoms with van der Waals surface area (Å²) in [5.41, 5.74) is 12.2. The van der Waals surface area contributed by atoms with Crippen LogP contribution in [0.4, 0.5) is 11.8 Å². The fourth-order valence-corrected chi connectivity index (χ4v) is 2.22. The average molecular weight is 243 g/mol. The number of amides is 1. The Kier molecular flexibility index (Phi) is 2.38. The molecule has 18 heavy (non-hydrogen) atoms. The Bertz CT molecular complexity index is 627. The van der Waals surface area contributed by atoms with E-state index in [0.29, 0.717) is 18.8 Å². The zero-order valence-corrected chi connectivity index (χ0v) is 9.71. The third-order valence-electron chi connectivity index (χ3n) is 3.01. The summed E-state index contributed by atoms with van der Waals surface area (Å²) in [4.78, 5) is 21.8. The van der Waals surface area contributed by atoms with E-state index in [2.05, 4.69) is 9.97 Å². The van der Waals surface area contributed by atoms with Crippen molar-refractivity contribution in [2.75, 3.05) is 17.2 Å². The average Bonchev–Trinajstić information content (AvgIpc) is 2.67. The Balaban J connectivity index is 2.19. The smallest absolute Gasteiger partial charge is 0.229 e. The summed E-state index contributed by atoms with van der Waals surface area (Å²) in [5.74, 6) is 0.693. The number of anilines is 2. The van der Waals surface area contributed by atoms with Gasteiger partial charge >= 0.3 is 0 Å². The van der Waals surface area contributed by atoms with Crippen molar-refractivity contribution in [3.05, 3.63) is 24.3 Å². The number of hydrogen-bond donors (Lipinski definition) is 2. The molecule has 3 rings (SSSR count). The lowest BCUT2D eigenvalue weighted by Crippen LogP contribution is -2.29. The maximum Gasteiger partial charge on any atom is 0.229 e. The normalized spacial score (nSPS) is 19.7. The summed E-state index contributed by atoms with van der Waals surface area (Å²) >= 11 is 0. The van der Waals surface area contributed by atoms with Crippen molar-refractivity contribution in [3.8, 4) is 0 Å². The van der Waals surface area contributed by atoms with Gasteiger partial charge in [-0.05, 0) is 12.1 Å². The quantitative estimate of drug-likeness (QED) is 0.749. The molecule has 0 bridgehead atoms. The van der Waals surface area contributed by atoms with E-state index < -0.39 is 0 Å². The molecule has 92 valence electrons. The van der Waals surface area contributed by atoms with E-state index in [-0.39, 0.29) is 17.9 Å². The lowest BCUT2D eigenvalue weighted by molar-refractivity contribution is -0.117. The third-order valence-corrected chi connectivity index (χ3v) is 3.01. The lowest BCUT2D eigenvalue weighted by atomic mass is 10.2. The number of carbonyl (C=O) groups excluding carboxylic acids is 1. The third kappa shape index (κ3) is 1.67. The van der Waals surface area contributed by atoms with Crippen LogP contribution in [0.15, 0.2) is 24.3 Å². The maximum absolute atomic E-state index is 11.9. The molecule has 1 unspecified atom stereocenters. The second-order valence-electron chi connectivity index (χ2n) is 4.39. The fourth-order valence-electron chi connectivity index (χ4n) is 2.22. The molecule has 2 heterocycles. The number of nitrogens with two attached hydrogens (primary N) is 2. The highest BCUT2D eigenvalue weighted by molar-refractivity contribution is 6.03. The first-order chi connectivity index (χ1) is 8.65. The molecule has 0 aliphatic carbocycles. The summed E-state index contributed by atoms with van der Waals surface area (Å²) in [7, 11) is 0. The van der Waals surface area contributed by atoms with Gasteiger partial charge in [-0.15, -0.1) is 0 Å². The highest BCUT2D eigenvalue weighted by Gasteiger charge is 2.30. The van der Waals surface area contributed by atoms with Crippen LogP contribution in [-0.2, 0) is 4.79 Å². The van der Waals surface area contributed by atoms with E-state index >= 15 is 0 Å². The van der Waals surface area contributed by atoms with Crippen molar-refractivity contribution < 1.29 is 4.79 Å². The van der Waals surface area contributed by atoms with Gasteiger partial charge in [-0.2, -0.15) is 4.98 Å². The van der Waals surface area contributed by atoms with Gasteiger partial charge in [-0.3, -0.25) is 9.69 Å². The van der Waals surface area contributed by atoms with Crippen molar-refractivity contribution >= 4 is 28.6 Å². The van der Waals surface area contributed by atoms with Crippen molar-refractivity contribution in [2.24, 2.45) is 5.73 Å². The molecule has 1 amide bonds. The van der Waals surface area contributed by atoms with Gasteiger partial charge in [0.15, 0.2) is 0 Å². The van der Waals surface area contributed by atoms with Crippen LogP contribution in [-0.4, -0.2) is 28.5 Å². The van der Waals surface area contributed by atoms with Gasteiger partial charge in [0, 0.05) is 24.4 Å². The molecule has 1 aliphatic rings. The molecule has 6 heteroatoms. The minimum Gasteiger partial charge on any atom is -0.368 e. The Morgan fingerprint density at radius 2 is 2.06 bits per heavy atom. The van der Waals surface area contributed by atoms with E-state index in [1.165, 1.54) is 0 Å². The van der Waals surface area contributed by atoms with Crippen molar-refractivity contribution in [2.45, 2.75) is 12.5 Å².